The van der Waals surface area contributed by atoms with Gasteiger partial charge in [-0.3, -0.25) is 9.59 Å². The summed E-state index contributed by atoms with van der Waals surface area (Å²) >= 11 is 30.9. The smallest absolute Gasteiger partial charge is 0.258 e. The second-order valence-corrected chi connectivity index (χ2v) is 10.2. The van der Waals surface area contributed by atoms with Crippen molar-refractivity contribution in [3.05, 3.63) is 86.5 Å². The third-order valence-corrected chi connectivity index (χ3v) is 6.80. The molecule has 1 heterocycles. The normalized spacial score (nSPS) is 18.3. The number of pyridine rings is 1. The Morgan fingerprint density at radius 3 is 2.26 bits per heavy atom. The van der Waals surface area contributed by atoms with Crippen molar-refractivity contribution in [1.29, 1.82) is 0 Å². The minimum atomic E-state index is -1.39. The Balaban J connectivity index is 1.52. The number of anilines is 2. The molecule has 2 atom stereocenters. The minimum absolute atomic E-state index is 0.0277. The lowest BCUT2D eigenvalue weighted by Gasteiger charge is -2.10. The van der Waals surface area contributed by atoms with Crippen LogP contribution in [-0.4, -0.2) is 21.1 Å². The van der Waals surface area contributed by atoms with Gasteiger partial charge < -0.3 is 10.6 Å². The predicted molar refractivity (Wildman–Crippen MR) is 129 cm³/mol. The van der Waals surface area contributed by atoms with Crippen LogP contribution in [-0.2, 0) is 4.79 Å². The number of benzene rings is 2. The van der Waals surface area contributed by atoms with Crippen LogP contribution in [0.25, 0.3) is 0 Å². The molecule has 12 heteroatoms. The Labute approximate surface area is 217 Å². The van der Waals surface area contributed by atoms with E-state index in [0.717, 1.165) is 6.20 Å². The molecule has 1 aliphatic carbocycles. The number of nitrogens with zero attached hydrogens (tertiary/aromatic N) is 1. The molecule has 0 radical (unpaired) electrons. The molecular formula is C22H12Cl5F2N3O2. The Kier molecular flexibility index (Phi) is 6.95. The van der Waals surface area contributed by atoms with Gasteiger partial charge in [0.05, 0.1) is 22.7 Å². The zero-order chi connectivity index (χ0) is 24.8. The van der Waals surface area contributed by atoms with Crippen LogP contribution in [0.2, 0.25) is 15.1 Å². The molecule has 1 unspecified atom stereocenters. The summed E-state index contributed by atoms with van der Waals surface area (Å²) in [6.45, 7) is 0. The van der Waals surface area contributed by atoms with E-state index in [1.807, 2.05) is 0 Å². The van der Waals surface area contributed by atoms with Crippen molar-refractivity contribution < 1.29 is 18.4 Å². The van der Waals surface area contributed by atoms with Crippen LogP contribution >= 0.6 is 58.0 Å². The van der Waals surface area contributed by atoms with Gasteiger partial charge in [-0.2, -0.15) is 0 Å². The highest BCUT2D eigenvalue weighted by Gasteiger charge is 2.67. The number of hydrogen-bond acceptors (Lipinski definition) is 3. The van der Waals surface area contributed by atoms with Crippen molar-refractivity contribution in [1.82, 2.24) is 4.98 Å². The Morgan fingerprint density at radius 1 is 0.941 bits per heavy atom. The molecule has 1 saturated carbocycles. The molecular weight excluding hydrogens is 554 g/mol. The number of carbonyl (C=O) groups excluding carboxylic acids is 2. The topological polar surface area (TPSA) is 71.1 Å². The lowest BCUT2D eigenvalue weighted by molar-refractivity contribution is -0.117. The number of carbonyl (C=O) groups is 2. The molecule has 0 spiro atoms. The summed E-state index contributed by atoms with van der Waals surface area (Å²) in [5.74, 6) is -5.15. The summed E-state index contributed by atoms with van der Waals surface area (Å²) in [6, 6.07) is 9.49. The van der Waals surface area contributed by atoms with Gasteiger partial charge in [-0.05, 0) is 42.0 Å². The van der Waals surface area contributed by atoms with E-state index in [0.29, 0.717) is 21.7 Å². The van der Waals surface area contributed by atoms with E-state index in [1.54, 1.807) is 18.2 Å². The molecule has 1 aliphatic rings. The summed E-state index contributed by atoms with van der Waals surface area (Å²) in [7, 11) is 0. The summed E-state index contributed by atoms with van der Waals surface area (Å²) < 4.78 is 25.5. The third-order valence-electron chi connectivity index (χ3n) is 5.10. The molecule has 4 rings (SSSR count). The molecule has 176 valence electrons. The number of rotatable bonds is 5. The molecule has 34 heavy (non-hydrogen) atoms. The maximum Gasteiger partial charge on any atom is 0.258 e. The number of nitrogens with one attached hydrogen (secondary N) is 2. The SMILES string of the molecule is O=C(Nc1ncc(F)cc1F)c1cc(NC(=O)C2[C@H](c3cc(Cl)cc(Cl)c3)C2(Cl)Cl)ccc1Cl. The lowest BCUT2D eigenvalue weighted by atomic mass is 10.1. The quantitative estimate of drug-likeness (QED) is 0.324. The fourth-order valence-corrected chi connectivity index (χ4v) is 5.08. The van der Waals surface area contributed by atoms with Gasteiger partial charge in [-0.1, -0.05) is 34.8 Å². The predicted octanol–water partition coefficient (Wildman–Crippen LogP) is 7.10. The fraction of sp³-hybridized carbons (Fsp3) is 0.136. The monoisotopic (exact) mass is 563 g/mol. The Morgan fingerprint density at radius 2 is 1.62 bits per heavy atom. The largest absolute Gasteiger partial charge is 0.326 e. The molecule has 0 saturated heterocycles. The van der Waals surface area contributed by atoms with E-state index in [4.69, 9.17) is 58.0 Å². The van der Waals surface area contributed by atoms with E-state index in [1.165, 1.54) is 18.2 Å². The number of hydrogen-bond donors (Lipinski definition) is 2. The van der Waals surface area contributed by atoms with E-state index >= 15 is 0 Å². The van der Waals surface area contributed by atoms with E-state index in [-0.39, 0.29) is 16.3 Å². The van der Waals surface area contributed by atoms with E-state index in [9.17, 15) is 18.4 Å². The van der Waals surface area contributed by atoms with Crippen LogP contribution in [0.15, 0.2) is 48.7 Å². The van der Waals surface area contributed by atoms with Gasteiger partial charge in [0.25, 0.3) is 5.91 Å². The first kappa shape index (κ1) is 24.9. The molecule has 2 N–H and O–H groups in total. The first-order chi connectivity index (χ1) is 16.0. The zero-order valence-electron chi connectivity index (χ0n) is 16.7. The molecule has 0 bridgehead atoms. The molecule has 1 fully saturated rings. The van der Waals surface area contributed by atoms with Gasteiger partial charge in [0.1, 0.15) is 10.2 Å². The van der Waals surface area contributed by atoms with Gasteiger partial charge in [-0.25, -0.2) is 13.8 Å². The van der Waals surface area contributed by atoms with Crippen LogP contribution in [0.3, 0.4) is 0 Å². The summed E-state index contributed by atoms with van der Waals surface area (Å²) in [5.41, 5.74) is 0.737. The lowest BCUT2D eigenvalue weighted by Crippen LogP contribution is -2.18. The zero-order valence-corrected chi connectivity index (χ0v) is 20.5. The molecule has 1 aromatic heterocycles. The Bertz CT molecular complexity index is 1300. The molecule has 5 nitrogen and oxygen atoms in total. The van der Waals surface area contributed by atoms with Crippen LogP contribution in [0, 0.1) is 17.6 Å². The van der Waals surface area contributed by atoms with Crippen LogP contribution < -0.4 is 10.6 Å². The maximum atomic E-state index is 13.8. The van der Waals surface area contributed by atoms with Crippen LogP contribution in [0.1, 0.15) is 21.8 Å². The number of alkyl halides is 2. The first-order valence-corrected chi connectivity index (χ1v) is 11.4. The highest BCUT2D eigenvalue weighted by atomic mass is 35.5. The maximum absolute atomic E-state index is 13.8. The Hall–Kier alpha value is -2.16. The second-order valence-electron chi connectivity index (χ2n) is 7.45. The summed E-state index contributed by atoms with van der Waals surface area (Å²) in [4.78, 5) is 29.0. The van der Waals surface area contributed by atoms with Crippen molar-refractivity contribution in [3.8, 4) is 0 Å². The fourth-order valence-electron chi connectivity index (χ4n) is 3.50. The van der Waals surface area contributed by atoms with Crippen molar-refractivity contribution in [3.63, 3.8) is 0 Å². The number of aromatic nitrogens is 1. The molecule has 0 aliphatic heterocycles. The standard InChI is InChI=1S/C22H12Cl5F2N3O2/c23-10-3-9(4-11(24)5-10)17-18(22(17,26)27)21(34)31-13-1-2-15(25)14(7-13)20(33)32-19-16(29)6-12(28)8-30-19/h1-8,17-18H,(H,31,34)(H,30,32,33)/t17-,18?/m0/s1. The van der Waals surface area contributed by atoms with E-state index < -0.39 is 45.4 Å². The highest BCUT2D eigenvalue weighted by molar-refractivity contribution is 6.53. The highest BCUT2D eigenvalue weighted by Crippen LogP contribution is 2.65. The molecule has 2 aromatic carbocycles. The summed E-state index contributed by atoms with van der Waals surface area (Å²) in [5, 5.41) is 5.62. The van der Waals surface area contributed by atoms with Crippen molar-refractivity contribution in [2.75, 3.05) is 10.6 Å². The van der Waals surface area contributed by atoms with Crippen molar-refractivity contribution >= 4 is 81.3 Å². The minimum Gasteiger partial charge on any atom is -0.326 e. The van der Waals surface area contributed by atoms with E-state index in [2.05, 4.69) is 15.6 Å². The van der Waals surface area contributed by atoms with Gasteiger partial charge in [0, 0.05) is 27.7 Å². The van der Waals surface area contributed by atoms with Crippen molar-refractivity contribution in [2.45, 2.75) is 10.3 Å². The summed E-state index contributed by atoms with van der Waals surface area (Å²) in [6.07, 6.45) is 0.751. The molecule has 2 amide bonds. The average Bonchev–Trinajstić information content (AvgIpc) is 3.33. The second kappa shape index (κ2) is 9.47. The first-order valence-electron chi connectivity index (χ1n) is 9.54. The van der Waals surface area contributed by atoms with Gasteiger partial charge in [-0.15, -0.1) is 23.2 Å². The third kappa shape index (κ3) is 5.09. The van der Waals surface area contributed by atoms with Crippen LogP contribution in [0.5, 0.6) is 0 Å². The number of halogens is 7. The van der Waals surface area contributed by atoms with Crippen LogP contribution in [0.4, 0.5) is 20.3 Å². The number of amides is 2. The van der Waals surface area contributed by atoms with Gasteiger partial charge in [0.15, 0.2) is 11.6 Å². The van der Waals surface area contributed by atoms with Crippen molar-refractivity contribution in [2.24, 2.45) is 5.92 Å². The molecule has 3 aromatic rings. The van der Waals surface area contributed by atoms with Gasteiger partial charge >= 0.3 is 0 Å². The van der Waals surface area contributed by atoms with Gasteiger partial charge in [0.2, 0.25) is 5.91 Å². The average molecular weight is 566 g/mol.